The number of nitrogen functional groups attached to an aromatic ring is 1. The number of aryl methyl sites for hydroxylation is 2. The number of anilines is 5. The summed E-state index contributed by atoms with van der Waals surface area (Å²) < 4.78 is 27.0. The number of imidazole rings is 2. The zero-order valence-electron chi connectivity index (χ0n) is 36.8. The van der Waals surface area contributed by atoms with Gasteiger partial charge in [0.15, 0.2) is 27.9 Å². The Balaban J connectivity index is 0.000000147. The maximum Gasteiger partial charge on any atom is 0.229 e. The number of rotatable bonds is 8. The Hall–Kier alpha value is -7.66. The summed E-state index contributed by atoms with van der Waals surface area (Å²) in [5.74, 6) is 4.92. The van der Waals surface area contributed by atoms with Crippen LogP contribution in [0.15, 0.2) is 139 Å². The molecule has 65 heavy (non-hydrogen) atoms. The topological polar surface area (TPSA) is 169 Å². The van der Waals surface area contributed by atoms with Crippen molar-refractivity contribution >= 4 is 44.9 Å². The summed E-state index contributed by atoms with van der Waals surface area (Å²) in [5, 5.41) is 3.28. The number of fused-ring (bicyclic) bond motifs is 2. The van der Waals surface area contributed by atoms with Crippen molar-refractivity contribution in [2.45, 2.75) is 25.9 Å². The summed E-state index contributed by atoms with van der Waals surface area (Å²) in [4.78, 5) is 30.3. The fraction of sp³-hybridized carbons (Fsp3) is 0.208. The van der Waals surface area contributed by atoms with Gasteiger partial charge in [0.1, 0.15) is 24.7 Å². The Kier molecular flexibility index (Phi) is 13.4. The number of methoxy groups -OCH3 is 2. The van der Waals surface area contributed by atoms with Crippen LogP contribution < -0.4 is 39.8 Å². The van der Waals surface area contributed by atoms with E-state index in [1.807, 2.05) is 116 Å². The van der Waals surface area contributed by atoms with Crippen molar-refractivity contribution in [3.8, 4) is 34.4 Å². The molecule has 0 radical (unpaired) electrons. The van der Waals surface area contributed by atoms with E-state index < -0.39 is 0 Å². The van der Waals surface area contributed by atoms with E-state index in [1.54, 1.807) is 45.3 Å². The van der Waals surface area contributed by atoms with E-state index in [-0.39, 0.29) is 12.1 Å². The minimum absolute atomic E-state index is 0.0875. The highest BCUT2D eigenvalue weighted by Crippen LogP contribution is 2.39. The molecule has 4 aromatic carbocycles. The molecule has 4 aromatic heterocycles. The standard InChI is InChI=1S/C24H24N6O2.C13H12BrN3O.C11H13N3O/c1-16-13-30(15-26-16)19-10-9-18(11-21(19)31-3)27-24-25-12-22-23(28-24)29(2)20(14-32-22)17-7-5-4-6-8-17;1-17-10(9-5-3-2-4-6-9)8-18-11-7-15-13(14)16-12(11)17;1-8-6-14(7-13-8)10-4-3-9(12)5-11(10)15-2/h4-13,15,20H,14H2,1-3H3,(H,25,27,28);2-7,10H,8H2,1H3;3-7H,12H2,1-2H3. The third kappa shape index (κ3) is 10.1. The first kappa shape index (κ1) is 44.0. The molecule has 0 fully saturated rings. The van der Waals surface area contributed by atoms with E-state index in [9.17, 15) is 0 Å². The van der Waals surface area contributed by atoms with Crippen LogP contribution in [0, 0.1) is 13.8 Å². The van der Waals surface area contributed by atoms with Crippen molar-refractivity contribution in [2.24, 2.45) is 0 Å². The van der Waals surface area contributed by atoms with Crippen LogP contribution in [0.3, 0.4) is 0 Å². The van der Waals surface area contributed by atoms with Crippen molar-refractivity contribution < 1.29 is 18.9 Å². The van der Waals surface area contributed by atoms with Crippen LogP contribution in [0.2, 0.25) is 0 Å². The number of nitrogens with zero attached hydrogens (tertiary/aromatic N) is 10. The first-order valence-corrected chi connectivity index (χ1v) is 21.5. The maximum absolute atomic E-state index is 5.95. The summed E-state index contributed by atoms with van der Waals surface area (Å²) in [7, 11) is 7.33. The van der Waals surface area contributed by atoms with Gasteiger partial charge in [0, 0.05) is 50.0 Å². The van der Waals surface area contributed by atoms with Crippen LogP contribution in [0.4, 0.5) is 29.0 Å². The Morgan fingerprint density at radius 1 is 0.646 bits per heavy atom. The van der Waals surface area contributed by atoms with Gasteiger partial charge in [-0.1, -0.05) is 60.7 Å². The first-order chi connectivity index (χ1) is 31.6. The van der Waals surface area contributed by atoms with Crippen LogP contribution >= 0.6 is 15.9 Å². The minimum Gasteiger partial charge on any atom is -0.494 e. The Bertz CT molecular complexity index is 2860. The van der Waals surface area contributed by atoms with Gasteiger partial charge in [0.05, 0.1) is 74.1 Å². The number of nitrogens with one attached hydrogen (secondary N) is 1. The molecule has 0 amide bonds. The molecule has 2 aliphatic heterocycles. The summed E-state index contributed by atoms with van der Waals surface area (Å²) in [6, 6.07) is 32.3. The van der Waals surface area contributed by atoms with Gasteiger partial charge in [-0.05, 0) is 65.2 Å². The summed E-state index contributed by atoms with van der Waals surface area (Å²) in [6.45, 7) is 5.06. The second-order valence-electron chi connectivity index (χ2n) is 15.2. The van der Waals surface area contributed by atoms with Crippen LogP contribution in [-0.2, 0) is 0 Å². The Morgan fingerprint density at radius 3 is 1.68 bits per heavy atom. The average Bonchev–Trinajstić information content (AvgIpc) is 3.98. The molecule has 10 rings (SSSR count). The van der Waals surface area contributed by atoms with E-state index in [4.69, 9.17) is 29.7 Å². The molecule has 2 aliphatic rings. The van der Waals surface area contributed by atoms with Gasteiger partial charge >= 0.3 is 0 Å². The highest BCUT2D eigenvalue weighted by molar-refractivity contribution is 9.10. The minimum atomic E-state index is 0.0875. The van der Waals surface area contributed by atoms with E-state index in [0.29, 0.717) is 35.3 Å². The number of halogens is 1. The summed E-state index contributed by atoms with van der Waals surface area (Å²) >= 11 is 3.29. The average molecular weight is 938 g/mol. The largest absolute Gasteiger partial charge is 0.494 e. The monoisotopic (exact) mass is 936 g/mol. The van der Waals surface area contributed by atoms with Crippen molar-refractivity contribution in [1.29, 1.82) is 0 Å². The van der Waals surface area contributed by atoms with Gasteiger partial charge in [-0.25, -0.2) is 24.9 Å². The van der Waals surface area contributed by atoms with E-state index >= 15 is 0 Å². The highest BCUT2D eigenvalue weighted by atomic mass is 79.9. The zero-order chi connectivity index (χ0) is 45.5. The lowest BCUT2D eigenvalue weighted by atomic mass is 10.1. The molecule has 0 bridgehead atoms. The molecule has 0 aliphatic carbocycles. The number of ether oxygens (including phenoxy) is 4. The molecule has 0 saturated carbocycles. The van der Waals surface area contributed by atoms with Gasteiger partial charge in [0.25, 0.3) is 0 Å². The maximum atomic E-state index is 5.95. The lowest BCUT2D eigenvalue weighted by molar-refractivity contribution is 0.264. The number of likely N-dealkylation sites (N-methyl/N-ethyl adjacent to an activating group) is 2. The third-order valence-electron chi connectivity index (χ3n) is 10.8. The van der Waals surface area contributed by atoms with Gasteiger partial charge in [-0.3, -0.25) is 0 Å². The summed E-state index contributed by atoms with van der Waals surface area (Å²) in [6.07, 6.45) is 10.8. The predicted octanol–water partition coefficient (Wildman–Crippen LogP) is 8.87. The second kappa shape index (κ2) is 19.8. The molecule has 6 heterocycles. The zero-order valence-corrected chi connectivity index (χ0v) is 38.4. The number of benzene rings is 4. The smallest absolute Gasteiger partial charge is 0.229 e. The molecule has 0 spiro atoms. The van der Waals surface area contributed by atoms with Gasteiger partial charge in [-0.15, -0.1) is 0 Å². The van der Waals surface area contributed by atoms with Crippen LogP contribution in [0.25, 0.3) is 11.4 Å². The lowest BCUT2D eigenvalue weighted by Crippen LogP contribution is -2.34. The van der Waals surface area contributed by atoms with Crippen molar-refractivity contribution in [1.82, 2.24) is 39.0 Å². The quantitative estimate of drug-likeness (QED) is 0.109. The molecule has 2 unspecified atom stereocenters. The lowest BCUT2D eigenvalue weighted by Gasteiger charge is -2.34. The molecule has 17 heteroatoms. The number of hydrogen-bond donors (Lipinski definition) is 2. The molecule has 332 valence electrons. The Morgan fingerprint density at radius 2 is 1.15 bits per heavy atom. The molecule has 16 nitrogen and oxygen atoms in total. The highest BCUT2D eigenvalue weighted by Gasteiger charge is 2.29. The van der Waals surface area contributed by atoms with Crippen LogP contribution in [-0.4, -0.2) is 80.6 Å². The molecule has 3 N–H and O–H groups in total. The van der Waals surface area contributed by atoms with E-state index in [2.05, 4.69) is 80.2 Å². The molecule has 2 atom stereocenters. The van der Waals surface area contributed by atoms with Crippen molar-refractivity contribution in [3.05, 3.63) is 162 Å². The third-order valence-corrected chi connectivity index (χ3v) is 11.2. The number of aromatic nitrogens is 8. The number of hydrogen-bond acceptors (Lipinski definition) is 14. The predicted molar refractivity (Wildman–Crippen MR) is 255 cm³/mol. The Labute approximate surface area is 385 Å². The van der Waals surface area contributed by atoms with Crippen LogP contribution in [0.5, 0.6) is 23.0 Å². The SMILES string of the molecule is CN1c2nc(Br)ncc2OCC1c1ccccc1.COc1cc(N)ccc1-n1cnc(C)c1.COc1cc(Nc2ncc3c(n2)N(C)C(c2ccccc2)CO3)ccc1-n1cnc(C)c1. The van der Waals surface area contributed by atoms with Gasteiger partial charge in [-0.2, -0.15) is 4.98 Å². The van der Waals surface area contributed by atoms with E-state index in [0.717, 1.165) is 57.3 Å². The van der Waals surface area contributed by atoms with Crippen molar-refractivity contribution in [3.63, 3.8) is 0 Å². The first-order valence-electron chi connectivity index (χ1n) is 20.7. The fourth-order valence-electron chi connectivity index (χ4n) is 7.43. The normalized spacial score (nSPS) is 14.8. The summed E-state index contributed by atoms with van der Waals surface area (Å²) in [5.41, 5.74) is 13.3. The molecular weight excluding hydrogens is 889 g/mol. The van der Waals surface area contributed by atoms with E-state index in [1.165, 1.54) is 11.1 Å². The number of nitrogens with two attached hydrogens (primary N) is 1. The van der Waals surface area contributed by atoms with Gasteiger partial charge in [0.2, 0.25) is 5.95 Å². The van der Waals surface area contributed by atoms with Crippen LogP contribution in [0.1, 0.15) is 34.6 Å². The molecule has 8 aromatic rings. The van der Waals surface area contributed by atoms with Crippen molar-refractivity contribution in [2.75, 3.05) is 62.4 Å². The second-order valence-corrected chi connectivity index (χ2v) is 15.9. The fourth-order valence-corrected chi connectivity index (χ4v) is 7.70. The van der Waals surface area contributed by atoms with Gasteiger partial charge < -0.3 is 48.9 Å². The molecular formula is C48H49BrN12O4. The molecule has 0 saturated heterocycles.